The Morgan fingerprint density at radius 1 is 1.29 bits per heavy atom. The maximum absolute atomic E-state index is 9.44. The standard InChI is InChI=1S/C12H10OS/c13-10-2-1-8-5-9-3-4-14-7-12(9)11(8)6-10/h1-4,6,13H,5,7H2. The first-order valence-corrected chi connectivity index (χ1v) is 5.72. The molecule has 0 amide bonds. The second-order valence-corrected chi connectivity index (χ2v) is 4.53. The molecule has 0 atom stereocenters. The summed E-state index contributed by atoms with van der Waals surface area (Å²) in [5.74, 6) is 1.42. The van der Waals surface area contributed by atoms with E-state index in [1.54, 1.807) is 6.07 Å². The molecule has 2 heteroatoms. The predicted octanol–water partition coefficient (Wildman–Crippen LogP) is 2.96. The first-order chi connectivity index (χ1) is 6.84. The average Bonchev–Trinajstić information content (AvgIpc) is 2.56. The summed E-state index contributed by atoms with van der Waals surface area (Å²) < 4.78 is 0. The normalized spacial score (nSPS) is 18.3. The molecule has 0 saturated heterocycles. The van der Waals surface area contributed by atoms with E-state index >= 15 is 0 Å². The van der Waals surface area contributed by atoms with Crippen LogP contribution in [0.1, 0.15) is 11.1 Å². The summed E-state index contributed by atoms with van der Waals surface area (Å²) >= 11 is 1.82. The molecule has 1 N–H and O–H groups in total. The summed E-state index contributed by atoms with van der Waals surface area (Å²) in [4.78, 5) is 0. The van der Waals surface area contributed by atoms with Crippen LogP contribution >= 0.6 is 11.8 Å². The second kappa shape index (κ2) is 2.92. The largest absolute Gasteiger partial charge is 0.508 e. The van der Waals surface area contributed by atoms with Crippen LogP contribution in [-0.4, -0.2) is 10.9 Å². The molecule has 0 spiro atoms. The zero-order chi connectivity index (χ0) is 9.54. The number of hydrogen-bond acceptors (Lipinski definition) is 2. The Hall–Kier alpha value is -1.15. The lowest BCUT2D eigenvalue weighted by Gasteiger charge is -2.08. The zero-order valence-electron chi connectivity index (χ0n) is 7.66. The molecule has 1 aromatic rings. The highest BCUT2D eigenvalue weighted by Gasteiger charge is 2.21. The van der Waals surface area contributed by atoms with Gasteiger partial charge in [-0.25, -0.2) is 0 Å². The van der Waals surface area contributed by atoms with Gasteiger partial charge < -0.3 is 5.11 Å². The minimum absolute atomic E-state index is 0.372. The number of benzene rings is 1. The minimum atomic E-state index is 0.372. The average molecular weight is 202 g/mol. The van der Waals surface area contributed by atoms with Gasteiger partial charge in [-0.1, -0.05) is 12.1 Å². The summed E-state index contributed by atoms with van der Waals surface area (Å²) in [7, 11) is 0. The molecule has 14 heavy (non-hydrogen) atoms. The number of rotatable bonds is 0. The monoisotopic (exact) mass is 202 g/mol. The molecule has 1 aromatic carbocycles. The Labute approximate surface area is 87.1 Å². The van der Waals surface area contributed by atoms with Crippen molar-refractivity contribution in [2.24, 2.45) is 0 Å². The molecular formula is C12H10OS. The highest BCUT2D eigenvalue weighted by molar-refractivity contribution is 8.02. The van der Waals surface area contributed by atoms with E-state index in [0.29, 0.717) is 5.75 Å². The lowest BCUT2D eigenvalue weighted by Crippen LogP contribution is -1.89. The van der Waals surface area contributed by atoms with Crippen LogP contribution in [0.2, 0.25) is 0 Å². The molecule has 3 rings (SSSR count). The van der Waals surface area contributed by atoms with Gasteiger partial charge in [0.2, 0.25) is 0 Å². The van der Waals surface area contributed by atoms with Gasteiger partial charge >= 0.3 is 0 Å². The van der Waals surface area contributed by atoms with Crippen LogP contribution in [0.15, 0.2) is 35.3 Å². The van der Waals surface area contributed by atoms with Gasteiger partial charge in [0.05, 0.1) is 0 Å². The van der Waals surface area contributed by atoms with E-state index in [1.807, 2.05) is 23.9 Å². The fourth-order valence-electron chi connectivity index (χ4n) is 2.08. The third-order valence-corrected chi connectivity index (χ3v) is 3.56. The predicted molar refractivity (Wildman–Crippen MR) is 60.3 cm³/mol. The highest BCUT2D eigenvalue weighted by atomic mass is 32.2. The van der Waals surface area contributed by atoms with Crippen LogP contribution in [0.3, 0.4) is 0 Å². The van der Waals surface area contributed by atoms with Crippen molar-refractivity contribution in [3.63, 3.8) is 0 Å². The van der Waals surface area contributed by atoms with Crippen molar-refractivity contribution >= 4 is 17.3 Å². The van der Waals surface area contributed by atoms with Crippen molar-refractivity contribution < 1.29 is 5.11 Å². The quantitative estimate of drug-likeness (QED) is 0.698. The van der Waals surface area contributed by atoms with Gasteiger partial charge in [0, 0.05) is 5.75 Å². The smallest absolute Gasteiger partial charge is 0.116 e. The summed E-state index contributed by atoms with van der Waals surface area (Å²) in [5, 5.41) is 11.6. The van der Waals surface area contributed by atoms with E-state index in [2.05, 4.69) is 11.5 Å². The highest BCUT2D eigenvalue weighted by Crippen LogP contribution is 2.39. The van der Waals surface area contributed by atoms with Gasteiger partial charge in [-0.3, -0.25) is 0 Å². The third-order valence-electron chi connectivity index (χ3n) is 2.78. The van der Waals surface area contributed by atoms with Crippen LogP contribution in [0.25, 0.3) is 5.57 Å². The van der Waals surface area contributed by atoms with Crippen LogP contribution in [-0.2, 0) is 6.42 Å². The number of aromatic hydroxyl groups is 1. The van der Waals surface area contributed by atoms with E-state index in [4.69, 9.17) is 0 Å². The van der Waals surface area contributed by atoms with Crippen molar-refractivity contribution in [2.45, 2.75) is 6.42 Å². The first kappa shape index (κ1) is 8.18. The van der Waals surface area contributed by atoms with Crippen molar-refractivity contribution in [2.75, 3.05) is 5.75 Å². The molecule has 0 unspecified atom stereocenters. The molecule has 2 aliphatic rings. The summed E-state index contributed by atoms with van der Waals surface area (Å²) in [6, 6.07) is 5.69. The van der Waals surface area contributed by atoms with Crippen molar-refractivity contribution in [3.05, 3.63) is 46.4 Å². The molecule has 0 saturated carbocycles. The van der Waals surface area contributed by atoms with Crippen molar-refractivity contribution in [3.8, 4) is 5.75 Å². The maximum Gasteiger partial charge on any atom is 0.116 e. The molecule has 0 bridgehead atoms. The Balaban J connectivity index is 2.17. The number of hydrogen-bond donors (Lipinski definition) is 1. The van der Waals surface area contributed by atoms with Gasteiger partial charge in [0.1, 0.15) is 5.75 Å². The number of fused-ring (bicyclic) bond motifs is 2. The topological polar surface area (TPSA) is 20.2 Å². The molecule has 1 aliphatic heterocycles. The zero-order valence-corrected chi connectivity index (χ0v) is 8.47. The third kappa shape index (κ3) is 1.11. The van der Waals surface area contributed by atoms with E-state index in [9.17, 15) is 5.11 Å². The van der Waals surface area contributed by atoms with Gasteiger partial charge in [-0.05, 0) is 46.2 Å². The Bertz CT molecular complexity index is 457. The lowest BCUT2D eigenvalue weighted by atomic mass is 10.1. The molecule has 70 valence electrons. The fraction of sp³-hybridized carbons (Fsp3) is 0.167. The Morgan fingerprint density at radius 3 is 3.14 bits per heavy atom. The summed E-state index contributed by atoms with van der Waals surface area (Å²) in [6.45, 7) is 0. The van der Waals surface area contributed by atoms with E-state index in [1.165, 1.54) is 22.3 Å². The van der Waals surface area contributed by atoms with Crippen LogP contribution in [0, 0.1) is 0 Å². The molecule has 1 nitrogen and oxygen atoms in total. The lowest BCUT2D eigenvalue weighted by molar-refractivity contribution is 0.475. The van der Waals surface area contributed by atoms with Crippen molar-refractivity contribution in [1.29, 1.82) is 0 Å². The van der Waals surface area contributed by atoms with Crippen LogP contribution in [0.5, 0.6) is 5.75 Å². The second-order valence-electron chi connectivity index (χ2n) is 3.64. The number of phenolic OH excluding ortho intramolecular Hbond substituents is 1. The Kier molecular flexibility index (Phi) is 1.71. The SMILES string of the molecule is Oc1ccc2c(c1)C1=C(C=CSC1)C2. The fourth-order valence-corrected chi connectivity index (χ4v) is 2.94. The molecule has 0 fully saturated rings. The van der Waals surface area contributed by atoms with Gasteiger partial charge in [0.25, 0.3) is 0 Å². The minimum Gasteiger partial charge on any atom is -0.508 e. The van der Waals surface area contributed by atoms with E-state index in [-0.39, 0.29) is 0 Å². The van der Waals surface area contributed by atoms with Gasteiger partial charge in [-0.15, -0.1) is 11.8 Å². The molecule has 0 aromatic heterocycles. The number of thioether (sulfide) groups is 1. The van der Waals surface area contributed by atoms with Crippen LogP contribution in [0.4, 0.5) is 0 Å². The number of allylic oxidation sites excluding steroid dienone is 2. The molecule has 1 heterocycles. The van der Waals surface area contributed by atoms with Gasteiger partial charge in [0.15, 0.2) is 0 Å². The van der Waals surface area contributed by atoms with E-state index in [0.717, 1.165) is 12.2 Å². The summed E-state index contributed by atoms with van der Waals surface area (Å²) in [6.07, 6.45) is 3.22. The molecule has 0 radical (unpaired) electrons. The van der Waals surface area contributed by atoms with E-state index < -0.39 is 0 Å². The van der Waals surface area contributed by atoms with Crippen molar-refractivity contribution in [1.82, 2.24) is 0 Å². The molecular weight excluding hydrogens is 192 g/mol. The maximum atomic E-state index is 9.44. The van der Waals surface area contributed by atoms with Crippen LogP contribution < -0.4 is 0 Å². The molecule has 1 aliphatic carbocycles. The Morgan fingerprint density at radius 2 is 2.21 bits per heavy atom. The van der Waals surface area contributed by atoms with Gasteiger partial charge in [-0.2, -0.15) is 0 Å². The number of phenols is 1. The first-order valence-electron chi connectivity index (χ1n) is 4.67. The summed E-state index contributed by atoms with van der Waals surface area (Å²) in [5.41, 5.74) is 5.42.